The summed E-state index contributed by atoms with van der Waals surface area (Å²) in [4.78, 5) is 13.0. The highest BCUT2D eigenvalue weighted by atomic mass is 79.9. The maximum atomic E-state index is 13.0. The van der Waals surface area contributed by atoms with Gasteiger partial charge in [-0.3, -0.25) is 4.79 Å². The molecule has 1 N–H and O–H groups in total. The van der Waals surface area contributed by atoms with E-state index >= 15 is 0 Å². The minimum atomic E-state index is -0.656. The van der Waals surface area contributed by atoms with E-state index in [1.165, 1.54) is 7.11 Å². The highest BCUT2D eigenvalue weighted by Crippen LogP contribution is 2.45. The molecule has 0 aromatic heterocycles. The standard InChI is InChI=1S/C18H19Br2NO4S/c1-9-6-11(19)13(12(20)7-9)14-15(25-17(26)23-3)18(21-16(14)22)4-5-24-10(2)8-18/h6-7,10H,4-5,8H2,1-3H3,(H,21,22). The average Bonchev–Trinajstić information content (AvgIpc) is 2.78. The maximum absolute atomic E-state index is 13.0. The molecule has 1 fully saturated rings. The van der Waals surface area contributed by atoms with Crippen LogP contribution in [0.15, 0.2) is 26.8 Å². The minimum absolute atomic E-state index is 0.0111. The summed E-state index contributed by atoms with van der Waals surface area (Å²) in [6.07, 6.45) is 1.20. The molecule has 1 aromatic rings. The highest BCUT2D eigenvalue weighted by molar-refractivity contribution is 9.11. The van der Waals surface area contributed by atoms with E-state index in [2.05, 4.69) is 37.2 Å². The van der Waals surface area contributed by atoms with Crippen LogP contribution in [0.4, 0.5) is 0 Å². The van der Waals surface area contributed by atoms with Gasteiger partial charge in [-0.1, -0.05) is 31.9 Å². The van der Waals surface area contributed by atoms with Gasteiger partial charge in [-0.05, 0) is 31.5 Å². The molecule has 1 spiro atoms. The van der Waals surface area contributed by atoms with Crippen LogP contribution in [0.5, 0.6) is 0 Å². The van der Waals surface area contributed by atoms with Gasteiger partial charge in [-0.2, -0.15) is 0 Å². The molecule has 0 bridgehead atoms. The molecule has 0 saturated carbocycles. The monoisotopic (exact) mass is 503 g/mol. The molecule has 0 aliphatic carbocycles. The molecule has 3 rings (SSSR count). The molecule has 2 aliphatic heterocycles. The van der Waals surface area contributed by atoms with E-state index in [1.807, 2.05) is 26.0 Å². The summed E-state index contributed by atoms with van der Waals surface area (Å²) in [6.45, 7) is 4.49. The molecule has 0 radical (unpaired) electrons. The SMILES string of the molecule is COC(=S)OC1=C(c2c(Br)cc(C)cc2Br)C(=O)NC12CCOC(C)C2. The summed E-state index contributed by atoms with van der Waals surface area (Å²) in [5.41, 5.74) is 1.60. The van der Waals surface area contributed by atoms with Gasteiger partial charge < -0.3 is 19.5 Å². The first-order valence-corrected chi connectivity index (χ1v) is 10.2. The number of hydrogen-bond donors (Lipinski definition) is 1. The van der Waals surface area contributed by atoms with Crippen molar-refractivity contribution in [3.8, 4) is 0 Å². The van der Waals surface area contributed by atoms with Crippen LogP contribution in [-0.2, 0) is 19.0 Å². The average molecular weight is 505 g/mol. The molecule has 1 amide bonds. The summed E-state index contributed by atoms with van der Waals surface area (Å²) >= 11 is 12.3. The van der Waals surface area contributed by atoms with Crippen LogP contribution in [0.25, 0.3) is 5.57 Å². The highest BCUT2D eigenvalue weighted by Gasteiger charge is 2.50. The minimum Gasteiger partial charge on any atom is -0.460 e. The summed E-state index contributed by atoms with van der Waals surface area (Å²) < 4.78 is 18.2. The zero-order valence-corrected chi connectivity index (χ0v) is 18.6. The Morgan fingerprint density at radius 2 is 2.04 bits per heavy atom. The number of amides is 1. The Hall–Kier alpha value is -0.960. The number of carbonyl (C=O) groups is 1. The second-order valence-corrected chi connectivity index (χ2v) is 8.58. The van der Waals surface area contributed by atoms with E-state index in [0.29, 0.717) is 30.8 Å². The number of aryl methyl sites for hydroxylation is 1. The van der Waals surface area contributed by atoms with Gasteiger partial charge in [0.1, 0.15) is 11.3 Å². The lowest BCUT2D eigenvalue weighted by molar-refractivity contribution is -0.117. The van der Waals surface area contributed by atoms with Crippen molar-refractivity contribution in [2.45, 2.75) is 38.3 Å². The predicted octanol–water partition coefficient (Wildman–Crippen LogP) is 4.25. The zero-order chi connectivity index (χ0) is 19.1. The van der Waals surface area contributed by atoms with E-state index in [1.54, 1.807) is 0 Å². The molecule has 2 aliphatic rings. The topological polar surface area (TPSA) is 56.8 Å². The Kier molecular flexibility index (Phi) is 5.77. The first-order chi connectivity index (χ1) is 12.3. The van der Waals surface area contributed by atoms with Gasteiger partial charge in [0, 0.05) is 46.2 Å². The molecule has 8 heteroatoms. The Labute approximate surface area is 174 Å². The van der Waals surface area contributed by atoms with E-state index < -0.39 is 5.54 Å². The van der Waals surface area contributed by atoms with Crippen molar-refractivity contribution < 1.29 is 19.0 Å². The smallest absolute Gasteiger partial charge is 0.357 e. The van der Waals surface area contributed by atoms with Gasteiger partial charge in [-0.15, -0.1) is 0 Å². The lowest BCUT2D eigenvalue weighted by atomic mass is 9.85. The van der Waals surface area contributed by atoms with E-state index in [0.717, 1.165) is 20.1 Å². The quantitative estimate of drug-likeness (QED) is 0.610. The van der Waals surface area contributed by atoms with E-state index in [-0.39, 0.29) is 17.2 Å². The van der Waals surface area contributed by atoms with Crippen molar-refractivity contribution in [3.63, 3.8) is 0 Å². The third-order valence-corrected chi connectivity index (χ3v) is 6.10. The number of rotatable bonds is 2. The number of methoxy groups -OCH3 is 1. The summed E-state index contributed by atoms with van der Waals surface area (Å²) in [6, 6.07) is 3.93. The third kappa shape index (κ3) is 3.56. The van der Waals surface area contributed by atoms with Crippen LogP contribution >= 0.6 is 44.1 Å². The van der Waals surface area contributed by atoms with Gasteiger partial charge in [0.15, 0.2) is 0 Å². The lowest BCUT2D eigenvalue weighted by Gasteiger charge is -2.38. The number of ether oxygens (including phenoxy) is 3. The summed E-state index contributed by atoms with van der Waals surface area (Å²) in [5, 5.41) is 3.10. The number of hydrogen-bond acceptors (Lipinski definition) is 5. The van der Waals surface area contributed by atoms with Crippen molar-refractivity contribution in [2.24, 2.45) is 0 Å². The Morgan fingerprint density at radius 3 is 2.62 bits per heavy atom. The first-order valence-electron chi connectivity index (χ1n) is 8.18. The summed E-state index contributed by atoms with van der Waals surface area (Å²) in [7, 11) is 1.45. The van der Waals surface area contributed by atoms with Crippen LogP contribution in [0.3, 0.4) is 0 Å². The van der Waals surface area contributed by atoms with Crippen LogP contribution in [-0.4, -0.2) is 36.5 Å². The molecule has 1 saturated heterocycles. The molecule has 2 heterocycles. The molecule has 5 nitrogen and oxygen atoms in total. The molecular weight excluding hydrogens is 486 g/mol. The second kappa shape index (κ2) is 7.58. The third-order valence-electron chi connectivity index (χ3n) is 4.60. The Bertz CT molecular complexity index is 787. The van der Waals surface area contributed by atoms with Gasteiger partial charge >= 0.3 is 5.24 Å². The van der Waals surface area contributed by atoms with E-state index in [9.17, 15) is 4.79 Å². The normalized spacial score (nSPS) is 25.4. The fraction of sp³-hybridized carbons (Fsp3) is 0.444. The fourth-order valence-electron chi connectivity index (χ4n) is 3.52. The number of benzene rings is 1. The maximum Gasteiger partial charge on any atom is 0.357 e. The van der Waals surface area contributed by atoms with Crippen LogP contribution in [0, 0.1) is 6.92 Å². The van der Waals surface area contributed by atoms with Crippen molar-refractivity contribution in [1.29, 1.82) is 0 Å². The lowest BCUT2D eigenvalue weighted by Crippen LogP contribution is -2.51. The van der Waals surface area contributed by atoms with Gasteiger partial charge in [-0.25, -0.2) is 0 Å². The number of halogens is 2. The molecule has 1 aromatic carbocycles. The molecule has 140 valence electrons. The molecule has 2 atom stereocenters. The zero-order valence-electron chi connectivity index (χ0n) is 14.7. The largest absolute Gasteiger partial charge is 0.460 e. The van der Waals surface area contributed by atoms with Crippen molar-refractivity contribution in [1.82, 2.24) is 5.32 Å². The Morgan fingerprint density at radius 1 is 1.38 bits per heavy atom. The second-order valence-electron chi connectivity index (χ2n) is 6.54. The van der Waals surface area contributed by atoms with E-state index in [4.69, 9.17) is 26.4 Å². The van der Waals surface area contributed by atoms with Crippen LogP contribution in [0.1, 0.15) is 30.9 Å². The number of carbonyl (C=O) groups excluding carboxylic acids is 1. The molecule has 2 unspecified atom stereocenters. The number of nitrogens with one attached hydrogen (secondary N) is 1. The van der Waals surface area contributed by atoms with Crippen LogP contribution in [0.2, 0.25) is 0 Å². The number of thiocarbonyl (C=S) groups is 1. The first kappa shape index (κ1) is 19.8. The van der Waals surface area contributed by atoms with Gasteiger partial charge in [0.05, 0.1) is 18.8 Å². The van der Waals surface area contributed by atoms with Crippen molar-refractivity contribution in [3.05, 3.63) is 38.0 Å². The molecular formula is C18H19Br2NO4S. The van der Waals surface area contributed by atoms with Crippen LogP contribution < -0.4 is 5.32 Å². The van der Waals surface area contributed by atoms with Crippen molar-refractivity contribution in [2.75, 3.05) is 13.7 Å². The Balaban J connectivity index is 2.21. The van der Waals surface area contributed by atoms with Gasteiger partial charge in [0.2, 0.25) is 0 Å². The van der Waals surface area contributed by atoms with Crippen molar-refractivity contribution >= 4 is 60.8 Å². The molecule has 26 heavy (non-hydrogen) atoms. The van der Waals surface area contributed by atoms with Gasteiger partial charge in [0.25, 0.3) is 5.91 Å². The predicted molar refractivity (Wildman–Crippen MR) is 110 cm³/mol. The fourth-order valence-corrected chi connectivity index (χ4v) is 5.42. The summed E-state index contributed by atoms with van der Waals surface area (Å²) in [5.74, 6) is 0.299.